The lowest BCUT2D eigenvalue weighted by Crippen LogP contribution is -2.32. The third-order valence-corrected chi connectivity index (χ3v) is 5.24. The first-order valence-corrected chi connectivity index (χ1v) is 9.51. The fraction of sp³-hybridized carbons (Fsp3) is 0.474. The van der Waals surface area contributed by atoms with Crippen LogP contribution in [0, 0.1) is 0 Å². The molecule has 1 fully saturated rings. The van der Waals surface area contributed by atoms with Gasteiger partial charge in [-0.15, -0.1) is 0 Å². The van der Waals surface area contributed by atoms with Crippen LogP contribution >= 0.6 is 0 Å². The van der Waals surface area contributed by atoms with Gasteiger partial charge in [-0.2, -0.15) is 5.10 Å². The van der Waals surface area contributed by atoms with Gasteiger partial charge in [0.15, 0.2) is 5.65 Å². The van der Waals surface area contributed by atoms with Crippen LogP contribution in [0.1, 0.15) is 29.9 Å². The lowest BCUT2D eigenvalue weighted by atomic mass is 10.2. The Kier molecular flexibility index (Phi) is 4.99. The molecule has 1 aliphatic heterocycles. The molecule has 0 saturated carbocycles. The van der Waals surface area contributed by atoms with Gasteiger partial charge in [0, 0.05) is 39.1 Å². The Morgan fingerprint density at radius 1 is 1.36 bits per heavy atom. The van der Waals surface area contributed by atoms with Crippen LogP contribution in [0.3, 0.4) is 0 Å². The van der Waals surface area contributed by atoms with E-state index in [1.54, 1.807) is 44.3 Å². The molecule has 4 heterocycles. The number of rotatable bonds is 6. The number of carbonyl (C=O) groups excluding carboxylic acids is 1. The maximum atomic E-state index is 13.1. The molecule has 1 atom stereocenters. The van der Waals surface area contributed by atoms with Gasteiger partial charge < -0.3 is 9.64 Å². The number of hydrogen-bond donors (Lipinski definition) is 0. The molecule has 0 N–H and O–H groups in total. The smallest absolute Gasteiger partial charge is 0.330 e. The van der Waals surface area contributed by atoms with E-state index in [9.17, 15) is 9.59 Å². The molecule has 0 aromatic carbocycles. The van der Waals surface area contributed by atoms with Crippen molar-refractivity contribution in [3.63, 3.8) is 0 Å². The molecule has 148 valence electrons. The van der Waals surface area contributed by atoms with Crippen molar-refractivity contribution in [3.8, 4) is 0 Å². The summed E-state index contributed by atoms with van der Waals surface area (Å²) in [7, 11) is 1.61. The minimum absolute atomic E-state index is 0.0983. The molecule has 28 heavy (non-hydrogen) atoms. The van der Waals surface area contributed by atoms with Crippen molar-refractivity contribution in [2.75, 3.05) is 26.8 Å². The van der Waals surface area contributed by atoms with Gasteiger partial charge in [-0.3, -0.25) is 18.6 Å². The number of methoxy groups -OCH3 is 1. The number of pyridine rings is 1. The quantitative estimate of drug-likeness (QED) is 0.636. The molecular formula is C19H24N6O3. The van der Waals surface area contributed by atoms with Gasteiger partial charge in [0.2, 0.25) is 0 Å². The number of nitrogens with zero attached hydrogens (tertiary/aromatic N) is 6. The largest absolute Gasteiger partial charge is 0.383 e. The van der Waals surface area contributed by atoms with Crippen LogP contribution in [0.2, 0.25) is 0 Å². The number of amides is 1. The molecule has 0 unspecified atom stereocenters. The first kappa shape index (κ1) is 18.4. The van der Waals surface area contributed by atoms with E-state index in [4.69, 9.17) is 4.74 Å². The summed E-state index contributed by atoms with van der Waals surface area (Å²) >= 11 is 0. The number of aromatic nitrogens is 5. The van der Waals surface area contributed by atoms with Gasteiger partial charge >= 0.3 is 5.69 Å². The van der Waals surface area contributed by atoms with E-state index in [0.717, 1.165) is 12.1 Å². The fourth-order valence-corrected chi connectivity index (χ4v) is 3.79. The normalized spacial score (nSPS) is 16.9. The van der Waals surface area contributed by atoms with Crippen molar-refractivity contribution in [2.24, 2.45) is 0 Å². The molecule has 3 aromatic heterocycles. The number of imidazole rings is 1. The Morgan fingerprint density at radius 3 is 2.96 bits per heavy atom. The van der Waals surface area contributed by atoms with Crippen LogP contribution in [0.5, 0.6) is 0 Å². The third-order valence-electron chi connectivity index (χ3n) is 5.24. The summed E-state index contributed by atoms with van der Waals surface area (Å²) in [4.78, 5) is 32.1. The Labute approximate surface area is 162 Å². The first-order valence-electron chi connectivity index (χ1n) is 9.51. The summed E-state index contributed by atoms with van der Waals surface area (Å²) in [6.45, 7) is 4.67. The number of likely N-dealkylation sites (tertiary alicyclic amines) is 1. The highest BCUT2D eigenvalue weighted by Crippen LogP contribution is 2.25. The maximum absolute atomic E-state index is 13.1. The summed E-state index contributed by atoms with van der Waals surface area (Å²) in [5.74, 6) is -0.0983. The zero-order valence-electron chi connectivity index (χ0n) is 16.1. The highest BCUT2D eigenvalue weighted by Gasteiger charge is 2.32. The molecule has 9 heteroatoms. The molecule has 4 rings (SSSR count). The van der Waals surface area contributed by atoms with Gasteiger partial charge in [-0.1, -0.05) is 0 Å². The lowest BCUT2D eigenvalue weighted by molar-refractivity contribution is 0.0781. The zero-order valence-corrected chi connectivity index (χ0v) is 16.1. The monoisotopic (exact) mass is 384 g/mol. The van der Waals surface area contributed by atoms with E-state index in [2.05, 4.69) is 10.1 Å². The van der Waals surface area contributed by atoms with Crippen LogP contribution in [0.15, 0.2) is 35.4 Å². The third kappa shape index (κ3) is 3.11. The van der Waals surface area contributed by atoms with Gasteiger partial charge in [0.05, 0.1) is 24.7 Å². The molecule has 9 nitrogen and oxygen atoms in total. The molecule has 0 bridgehead atoms. The molecular weight excluding hydrogens is 360 g/mol. The number of hydrogen-bond acceptors (Lipinski definition) is 5. The minimum Gasteiger partial charge on any atom is -0.383 e. The van der Waals surface area contributed by atoms with Crippen molar-refractivity contribution >= 4 is 17.1 Å². The van der Waals surface area contributed by atoms with Crippen LogP contribution in [0.25, 0.3) is 11.2 Å². The highest BCUT2D eigenvalue weighted by atomic mass is 16.5. The second kappa shape index (κ2) is 7.59. The van der Waals surface area contributed by atoms with Crippen molar-refractivity contribution in [1.82, 2.24) is 28.8 Å². The summed E-state index contributed by atoms with van der Waals surface area (Å²) in [5, 5.41) is 4.30. The van der Waals surface area contributed by atoms with E-state index in [1.165, 1.54) is 0 Å². The molecule has 0 aliphatic carbocycles. The van der Waals surface area contributed by atoms with E-state index in [0.29, 0.717) is 44.0 Å². The van der Waals surface area contributed by atoms with Crippen molar-refractivity contribution in [2.45, 2.75) is 32.5 Å². The molecule has 0 radical (unpaired) electrons. The Bertz CT molecular complexity index is 1050. The predicted octanol–water partition coefficient (Wildman–Crippen LogP) is 1.15. The summed E-state index contributed by atoms with van der Waals surface area (Å²) in [6.07, 6.45) is 4.20. The van der Waals surface area contributed by atoms with E-state index in [-0.39, 0.29) is 17.6 Å². The van der Waals surface area contributed by atoms with Crippen LogP contribution in [-0.4, -0.2) is 61.5 Å². The SMILES string of the molecule is CCn1ccc(C(=O)N2CC[C@@H](n3c(=O)n(CCOC)c4cccnc43)C2)n1. The van der Waals surface area contributed by atoms with E-state index in [1.807, 2.05) is 19.1 Å². The minimum atomic E-state index is -0.111. The van der Waals surface area contributed by atoms with Crippen LogP contribution in [-0.2, 0) is 17.8 Å². The van der Waals surface area contributed by atoms with Gasteiger partial charge in [-0.05, 0) is 31.5 Å². The summed E-state index contributed by atoms with van der Waals surface area (Å²) in [6, 6.07) is 5.35. The van der Waals surface area contributed by atoms with Gasteiger partial charge in [0.1, 0.15) is 5.69 Å². The van der Waals surface area contributed by atoms with Crippen LogP contribution in [0.4, 0.5) is 0 Å². The molecule has 0 spiro atoms. The number of carbonyl (C=O) groups is 1. The number of aryl methyl sites for hydroxylation is 1. The Hall–Kier alpha value is -2.94. The van der Waals surface area contributed by atoms with Crippen LogP contribution < -0.4 is 5.69 Å². The molecule has 1 aliphatic rings. The number of fused-ring (bicyclic) bond motifs is 1. The first-order chi connectivity index (χ1) is 13.6. The average Bonchev–Trinajstić information content (AvgIpc) is 3.43. The summed E-state index contributed by atoms with van der Waals surface area (Å²) < 4.78 is 10.3. The van der Waals surface area contributed by atoms with E-state index >= 15 is 0 Å². The molecule has 3 aromatic rings. The summed E-state index contributed by atoms with van der Waals surface area (Å²) in [5.41, 5.74) is 1.77. The average molecular weight is 384 g/mol. The lowest BCUT2D eigenvalue weighted by Gasteiger charge is -2.15. The van der Waals surface area contributed by atoms with Crippen molar-refractivity contribution in [1.29, 1.82) is 0 Å². The Balaban J connectivity index is 1.62. The van der Waals surface area contributed by atoms with Crippen molar-refractivity contribution in [3.05, 3.63) is 46.8 Å². The molecule has 1 amide bonds. The maximum Gasteiger partial charge on any atom is 0.330 e. The number of ether oxygens (including phenoxy) is 1. The second-order valence-corrected chi connectivity index (χ2v) is 6.89. The molecule has 1 saturated heterocycles. The standard InChI is InChI=1S/C19H24N6O3/c1-3-23-10-7-15(21-23)18(26)22-9-6-14(13-22)25-17-16(5-4-8-20-17)24(19(25)27)11-12-28-2/h4-5,7-8,10,14H,3,6,9,11-13H2,1-2H3/t14-/m1/s1. The highest BCUT2D eigenvalue weighted by molar-refractivity contribution is 5.92. The Morgan fingerprint density at radius 2 is 2.21 bits per heavy atom. The van der Waals surface area contributed by atoms with Gasteiger partial charge in [-0.25, -0.2) is 9.78 Å². The van der Waals surface area contributed by atoms with E-state index < -0.39 is 0 Å². The predicted molar refractivity (Wildman–Crippen MR) is 103 cm³/mol. The second-order valence-electron chi connectivity index (χ2n) is 6.89. The van der Waals surface area contributed by atoms with Gasteiger partial charge in [0.25, 0.3) is 5.91 Å². The fourth-order valence-electron chi connectivity index (χ4n) is 3.79. The topological polar surface area (TPSA) is 87.2 Å². The van der Waals surface area contributed by atoms with Crippen molar-refractivity contribution < 1.29 is 9.53 Å². The zero-order chi connectivity index (χ0) is 19.7.